The van der Waals surface area contributed by atoms with Gasteiger partial charge in [-0.15, -0.1) is 0 Å². The number of aliphatic hydroxyl groups excluding tert-OH is 5. The average molecular weight is 907 g/mol. The fraction of sp³-hybridized carbons (Fsp3) is 0.939. The molecular formula is C49H95O12P. The summed E-state index contributed by atoms with van der Waals surface area (Å²) < 4.78 is 34.3. The number of allylic oxidation sites excluding steroid dienone is 2. The molecule has 0 aliphatic heterocycles. The zero-order chi connectivity index (χ0) is 45.5. The van der Waals surface area contributed by atoms with E-state index in [1.165, 1.54) is 154 Å². The van der Waals surface area contributed by atoms with Crippen LogP contribution in [0.3, 0.4) is 0 Å². The highest BCUT2D eigenvalue weighted by atomic mass is 31.2. The van der Waals surface area contributed by atoms with Crippen molar-refractivity contribution in [3.63, 3.8) is 0 Å². The van der Waals surface area contributed by atoms with Crippen molar-refractivity contribution >= 4 is 13.8 Å². The van der Waals surface area contributed by atoms with Gasteiger partial charge in [-0.3, -0.25) is 13.8 Å². The molecule has 0 aromatic rings. The number of hydrogen-bond donors (Lipinski definition) is 6. The van der Waals surface area contributed by atoms with Crippen molar-refractivity contribution in [3.05, 3.63) is 12.2 Å². The summed E-state index contributed by atoms with van der Waals surface area (Å²) in [7, 11) is -5.02. The second kappa shape index (κ2) is 40.4. The summed E-state index contributed by atoms with van der Waals surface area (Å²) >= 11 is 0. The van der Waals surface area contributed by atoms with Gasteiger partial charge in [0.15, 0.2) is 0 Å². The van der Waals surface area contributed by atoms with E-state index in [4.69, 9.17) is 18.5 Å². The molecule has 1 aliphatic carbocycles. The van der Waals surface area contributed by atoms with Crippen LogP contribution in [0.2, 0.25) is 0 Å². The largest absolute Gasteiger partial charge is 0.472 e. The van der Waals surface area contributed by atoms with Crippen molar-refractivity contribution in [1.82, 2.24) is 0 Å². The number of aliphatic hydroxyl groups is 5. The predicted octanol–water partition coefficient (Wildman–Crippen LogP) is 11.1. The van der Waals surface area contributed by atoms with Crippen molar-refractivity contribution in [2.75, 3.05) is 19.8 Å². The molecule has 1 fully saturated rings. The van der Waals surface area contributed by atoms with Crippen molar-refractivity contribution < 1.29 is 58.3 Å². The minimum absolute atomic E-state index is 0.0751. The highest BCUT2D eigenvalue weighted by Gasteiger charge is 2.51. The van der Waals surface area contributed by atoms with Crippen LogP contribution < -0.4 is 0 Å². The van der Waals surface area contributed by atoms with E-state index in [-0.39, 0.29) is 13.0 Å². The van der Waals surface area contributed by atoms with Crippen LogP contribution in [-0.2, 0) is 27.9 Å². The zero-order valence-electron chi connectivity index (χ0n) is 39.4. The lowest BCUT2D eigenvalue weighted by Gasteiger charge is -2.41. The number of carbonyl (C=O) groups is 1. The fourth-order valence-corrected chi connectivity index (χ4v) is 9.03. The van der Waals surface area contributed by atoms with Gasteiger partial charge in [0.2, 0.25) is 0 Å². The molecule has 6 N–H and O–H groups in total. The van der Waals surface area contributed by atoms with Gasteiger partial charge in [-0.05, 0) is 38.5 Å². The van der Waals surface area contributed by atoms with Gasteiger partial charge in [0.25, 0.3) is 0 Å². The monoisotopic (exact) mass is 907 g/mol. The lowest BCUT2D eigenvalue weighted by atomic mass is 9.85. The van der Waals surface area contributed by atoms with E-state index in [2.05, 4.69) is 26.0 Å². The minimum Gasteiger partial charge on any atom is -0.457 e. The van der Waals surface area contributed by atoms with Crippen LogP contribution in [0.1, 0.15) is 232 Å². The first kappa shape index (κ1) is 59.1. The number of phosphoric ester groups is 1. The number of hydrogen-bond acceptors (Lipinski definition) is 11. The van der Waals surface area contributed by atoms with Crippen LogP contribution in [-0.4, -0.2) is 98.9 Å². The Kier molecular flexibility index (Phi) is 38.5. The molecule has 0 heterocycles. The van der Waals surface area contributed by atoms with Crippen molar-refractivity contribution in [2.24, 2.45) is 0 Å². The third kappa shape index (κ3) is 31.9. The lowest BCUT2D eigenvalue weighted by molar-refractivity contribution is -0.220. The van der Waals surface area contributed by atoms with Gasteiger partial charge in [0, 0.05) is 13.0 Å². The molecule has 1 saturated carbocycles. The molecule has 368 valence electrons. The number of esters is 1. The number of phosphoric acid groups is 1. The van der Waals surface area contributed by atoms with E-state index < -0.39 is 63.1 Å². The zero-order valence-corrected chi connectivity index (χ0v) is 40.3. The topological polar surface area (TPSA) is 192 Å². The maximum atomic E-state index is 12.8. The van der Waals surface area contributed by atoms with Gasteiger partial charge in [0.1, 0.15) is 42.7 Å². The second-order valence-electron chi connectivity index (χ2n) is 18.0. The molecule has 6 atom stereocenters. The van der Waals surface area contributed by atoms with E-state index >= 15 is 0 Å². The summed E-state index contributed by atoms with van der Waals surface area (Å²) in [5.74, 6) is -0.474. The summed E-state index contributed by atoms with van der Waals surface area (Å²) in [5, 5.41) is 50.3. The van der Waals surface area contributed by atoms with Crippen LogP contribution >= 0.6 is 7.82 Å². The summed E-state index contributed by atoms with van der Waals surface area (Å²) in [6.45, 7) is 4.28. The van der Waals surface area contributed by atoms with Gasteiger partial charge >= 0.3 is 13.8 Å². The maximum Gasteiger partial charge on any atom is 0.472 e. The van der Waals surface area contributed by atoms with Crippen molar-refractivity contribution in [3.8, 4) is 0 Å². The van der Waals surface area contributed by atoms with Crippen molar-refractivity contribution in [2.45, 2.75) is 275 Å². The van der Waals surface area contributed by atoms with E-state index in [1.54, 1.807) is 0 Å². The van der Waals surface area contributed by atoms with Crippen molar-refractivity contribution in [1.29, 1.82) is 0 Å². The Morgan fingerprint density at radius 3 is 1.27 bits per heavy atom. The highest BCUT2D eigenvalue weighted by molar-refractivity contribution is 7.47. The Morgan fingerprint density at radius 1 is 0.500 bits per heavy atom. The fourth-order valence-electron chi connectivity index (χ4n) is 8.06. The molecule has 12 nitrogen and oxygen atoms in total. The normalized spacial score (nSPS) is 22.0. The number of ether oxygens (including phenoxy) is 2. The Bertz CT molecular complexity index is 1080. The first-order valence-electron chi connectivity index (χ1n) is 25.5. The molecule has 6 unspecified atom stereocenters. The standard InChI is InChI=1S/C49H95O12P/c1-3-5-7-9-11-13-15-17-19-21-22-23-24-26-28-30-32-34-36-38-43(50)60-42(41-59-62(56,57)61-49-47(54)45(52)44(51)46(53)48(49)55)40-58-39-37-35-33-31-29-27-25-20-18-16-14-12-10-8-6-4-2/h18,20,42,44-49,51-55H,3-17,19,21-41H2,1-2H3,(H,56,57)/b20-18-. The highest BCUT2D eigenvalue weighted by Crippen LogP contribution is 2.47. The molecule has 62 heavy (non-hydrogen) atoms. The van der Waals surface area contributed by atoms with Gasteiger partial charge < -0.3 is 39.9 Å². The van der Waals surface area contributed by atoms with Crippen LogP contribution in [0.15, 0.2) is 12.2 Å². The Labute approximate surface area is 377 Å². The van der Waals surface area contributed by atoms with Crippen LogP contribution in [0.25, 0.3) is 0 Å². The summed E-state index contributed by atoms with van der Waals surface area (Å²) in [6, 6.07) is 0. The van der Waals surface area contributed by atoms with Gasteiger partial charge in [-0.1, -0.05) is 199 Å². The Morgan fingerprint density at radius 2 is 0.855 bits per heavy atom. The number of unbranched alkanes of at least 4 members (excludes halogenated alkanes) is 30. The summed E-state index contributed by atoms with van der Waals surface area (Å²) in [6.07, 6.45) is 32.8. The minimum atomic E-state index is -5.02. The quantitative estimate of drug-likeness (QED) is 0.0147. The molecule has 0 saturated heterocycles. The molecule has 0 bridgehead atoms. The van der Waals surface area contributed by atoms with E-state index in [1.807, 2.05) is 0 Å². The molecule has 0 spiro atoms. The SMILES string of the molecule is CCCCCCCC/C=C\CCCCCCCCOCC(COP(=O)(O)OC1C(O)C(O)C(O)C(O)C1O)OC(=O)CCCCCCCCCCCCCCCCCCCCC. The van der Waals surface area contributed by atoms with E-state index in [0.29, 0.717) is 13.0 Å². The number of carbonyl (C=O) groups excluding carboxylic acids is 1. The number of rotatable bonds is 44. The first-order valence-corrected chi connectivity index (χ1v) is 27.0. The predicted molar refractivity (Wildman–Crippen MR) is 249 cm³/mol. The smallest absolute Gasteiger partial charge is 0.457 e. The molecular weight excluding hydrogens is 812 g/mol. The Balaban J connectivity index is 2.34. The molecule has 13 heteroatoms. The van der Waals surface area contributed by atoms with E-state index in [9.17, 15) is 39.8 Å². The Hall–Kier alpha value is -0.920. The van der Waals surface area contributed by atoms with Crippen LogP contribution in [0.4, 0.5) is 0 Å². The summed E-state index contributed by atoms with van der Waals surface area (Å²) in [4.78, 5) is 23.2. The van der Waals surface area contributed by atoms with E-state index in [0.717, 1.165) is 51.4 Å². The molecule has 0 radical (unpaired) electrons. The lowest BCUT2D eigenvalue weighted by Crippen LogP contribution is -2.64. The molecule has 1 aliphatic rings. The third-order valence-corrected chi connectivity index (χ3v) is 13.1. The van der Waals surface area contributed by atoms with Crippen LogP contribution in [0, 0.1) is 0 Å². The second-order valence-corrected chi connectivity index (χ2v) is 19.4. The van der Waals surface area contributed by atoms with Gasteiger partial charge in [-0.25, -0.2) is 4.57 Å². The van der Waals surface area contributed by atoms with Gasteiger partial charge in [-0.2, -0.15) is 0 Å². The molecule has 0 amide bonds. The third-order valence-electron chi connectivity index (χ3n) is 12.1. The summed E-state index contributed by atoms with van der Waals surface area (Å²) in [5.41, 5.74) is 0. The molecule has 1 rings (SSSR count). The van der Waals surface area contributed by atoms with Crippen LogP contribution in [0.5, 0.6) is 0 Å². The first-order chi connectivity index (χ1) is 30.0. The maximum absolute atomic E-state index is 12.8. The molecule has 0 aromatic carbocycles. The molecule has 0 aromatic heterocycles. The average Bonchev–Trinajstić information content (AvgIpc) is 3.26. The van der Waals surface area contributed by atoms with Gasteiger partial charge in [0.05, 0.1) is 13.2 Å².